The Morgan fingerprint density at radius 3 is 2.90 bits per heavy atom. The summed E-state index contributed by atoms with van der Waals surface area (Å²) in [5, 5.41) is 5.40. The van der Waals surface area contributed by atoms with Gasteiger partial charge in [-0.15, -0.1) is 11.3 Å². The van der Waals surface area contributed by atoms with Gasteiger partial charge in [-0.2, -0.15) is 0 Å². The van der Waals surface area contributed by atoms with Crippen molar-refractivity contribution in [2.75, 3.05) is 13.6 Å². The summed E-state index contributed by atoms with van der Waals surface area (Å²) in [6.45, 7) is 9.35. The molecule has 0 aromatic carbocycles. The molecule has 1 atom stereocenters. The first-order valence-electron chi connectivity index (χ1n) is 6.86. The van der Waals surface area contributed by atoms with Crippen LogP contribution in [0.15, 0.2) is 5.38 Å². The van der Waals surface area contributed by atoms with Gasteiger partial charge in [0, 0.05) is 31.2 Å². The minimum absolute atomic E-state index is 0.118. The molecule has 2 aromatic heterocycles. The second-order valence-electron chi connectivity index (χ2n) is 5.09. The molecule has 5 nitrogen and oxygen atoms in total. The number of fused-ring (bicyclic) bond motifs is 1. The minimum atomic E-state index is -0.191. The van der Waals surface area contributed by atoms with Gasteiger partial charge in [0.05, 0.1) is 17.4 Å². The first kappa shape index (κ1) is 15.0. The van der Waals surface area contributed by atoms with Crippen LogP contribution >= 0.6 is 11.3 Å². The number of hydrogen-bond donors (Lipinski definition) is 1. The fraction of sp³-hybridized carbons (Fsp3) is 0.571. The third-order valence-corrected chi connectivity index (χ3v) is 4.57. The molecule has 1 unspecified atom stereocenters. The summed E-state index contributed by atoms with van der Waals surface area (Å²) in [6.07, 6.45) is 0. The van der Waals surface area contributed by atoms with E-state index in [4.69, 9.17) is 0 Å². The number of amides is 1. The van der Waals surface area contributed by atoms with Crippen LogP contribution in [0.4, 0.5) is 0 Å². The molecule has 2 aromatic rings. The smallest absolute Gasteiger partial charge is 0.239 e. The minimum Gasteiger partial charge on any atom is -0.345 e. The van der Waals surface area contributed by atoms with Crippen molar-refractivity contribution in [3.05, 3.63) is 22.5 Å². The Bertz CT molecular complexity index is 616. The van der Waals surface area contributed by atoms with E-state index in [9.17, 15) is 4.79 Å². The van der Waals surface area contributed by atoms with Crippen LogP contribution in [0.2, 0.25) is 0 Å². The van der Waals surface area contributed by atoms with Gasteiger partial charge in [-0.25, -0.2) is 4.98 Å². The van der Waals surface area contributed by atoms with Gasteiger partial charge < -0.3 is 10.2 Å². The number of rotatable bonds is 5. The van der Waals surface area contributed by atoms with Crippen LogP contribution in [0.1, 0.15) is 30.9 Å². The Morgan fingerprint density at radius 2 is 2.25 bits per heavy atom. The Labute approximate surface area is 123 Å². The van der Waals surface area contributed by atoms with Gasteiger partial charge in [0.15, 0.2) is 4.96 Å². The van der Waals surface area contributed by atoms with Crippen LogP contribution < -0.4 is 5.32 Å². The van der Waals surface area contributed by atoms with Crippen LogP contribution in [0, 0.1) is 13.8 Å². The molecule has 0 saturated carbocycles. The normalized spacial score (nSPS) is 12.8. The Morgan fingerprint density at radius 1 is 1.55 bits per heavy atom. The summed E-state index contributed by atoms with van der Waals surface area (Å²) in [5.74, 6) is 0.118. The zero-order chi connectivity index (χ0) is 14.9. The van der Waals surface area contributed by atoms with Gasteiger partial charge in [0.25, 0.3) is 0 Å². The average molecular weight is 294 g/mol. The summed E-state index contributed by atoms with van der Waals surface area (Å²) in [5.41, 5.74) is 3.35. The average Bonchev–Trinajstić information content (AvgIpc) is 2.94. The number of carbonyl (C=O) groups excluding carboxylic acids is 1. The van der Waals surface area contributed by atoms with Crippen molar-refractivity contribution in [3.8, 4) is 0 Å². The molecular weight excluding hydrogens is 272 g/mol. The predicted octanol–water partition coefficient (Wildman–Crippen LogP) is 1.97. The first-order chi connectivity index (χ1) is 9.45. The lowest BCUT2D eigenvalue weighted by Crippen LogP contribution is -2.42. The molecule has 0 bridgehead atoms. The lowest BCUT2D eigenvalue weighted by Gasteiger charge is -2.20. The molecular formula is C14H22N4OS. The van der Waals surface area contributed by atoms with E-state index < -0.39 is 0 Å². The number of carbonyl (C=O) groups is 1. The van der Waals surface area contributed by atoms with E-state index in [0.717, 1.165) is 22.9 Å². The van der Waals surface area contributed by atoms with Crippen LogP contribution in [-0.2, 0) is 11.3 Å². The highest BCUT2D eigenvalue weighted by Gasteiger charge is 2.18. The maximum atomic E-state index is 12.0. The number of likely N-dealkylation sites (N-methyl/N-ethyl adjacent to an activating group) is 1. The summed E-state index contributed by atoms with van der Waals surface area (Å²) < 4.78 is 2.16. The third kappa shape index (κ3) is 2.71. The number of aryl methyl sites for hydroxylation is 2. The van der Waals surface area contributed by atoms with Gasteiger partial charge in [-0.05, 0) is 27.7 Å². The number of hydrogen-bond acceptors (Lipinski definition) is 4. The van der Waals surface area contributed by atoms with E-state index in [1.54, 1.807) is 16.2 Å². The zero-order valence-electron chi connectivity index (χ0n) is 12.7. The maximum Gasteiger partial charge on any atom is 0.239 e. The molecule has 6 heteroatoms. The van der Waals surface area contributed by atoms with Crippen LogP contribution in [0.25, 0.3) is 4.96 Å². The highest BCUT2D eigenvalue weighted by Crippen LogP contribution is 2.20. The molecule has 0 aliphatic carbocycles. The van der Waals surface area contributed by atoms with Crippen molar-refractivity contribution in [1.29, 1.82) is 0 Å². The number of aromatic nitrogens is 2. The van der Waals surface area contributed by atoms with Gasteiger partial charge >= 0.3 is 0 Å². The van der Waals surface area contributed by atoms with Gasteiger partial charge in [0.1, 0.15) is 0 Å². The summed E-state index contributed by atoms with van der Waals surface area (Å²) in [4.78, 5) is 19.3. The quantitative estimate of drug-likeness (QED) is 0.917. The molecule has 1 amide bonds. The van der Waals surface area contributed by atoms with Crippen LogP contribution in [0.3, 0.4) is 0 Å². The fourth-order valence-corrected chi connectivity index (χ4v) is 3.13. The van der Waals surface area contributed by atoms with Gasteiger partial charge in [-0.1, -0.05) is 0 Å². The van der Waals surface area contributed by atoms with E-state index in [1.165, 1.54) is 5.69 Å². The largest absolute Gasteiger partial charge is 0.345 e. The monoisotopic (exact) mass is 294 g/mol. The lowest BCUT2D eigenvalue weighted by molar-refractivity contribution is -0.131. The molecule has 0 fully saturated rings. The van der Waals surface area contributed by atoms with Crippen molar-refractivity contribution < 1.29 is 4.79 Å². The van der Waals surface area contributed by atoms with E-state index in [0.29, 0.717) is 6.54 Å². The van der Waals surface area contributed by atoms with E-state index >= 15 is 0 Å². The molecule has 20 heavy (non-hydrogen) atoms. The summed E-state index contributed by atoms with van der Waals surface area (Å²) in [6, 6.07) is -0.191. The van der Waals surface area contributed by atoms with Crippen molar-refractivity contribution >= 4 is 22.2 Å². The second kappa shape index (κ2) is 5.93. The molecule has 2 heterocycles. The Balaban J connectivity index is 2.11. The highest BCUT2D eigenvalue weighted by molar-refractivity contribution is 7.15. The molecule has 0 aliphatic heterocycles. The zero-order valence-corrected chi connectivity index (χ0v) is 13.5. The number of nitrogens with zero attached hydrogens (tertiary/aromatic N) is 3. The molecule has 0 radical (unpaired) electrons. The molecule has 2 rings (SSSR count). The molecule has 0 aliphatic rings. The third-order valence-electron chi connectivity index (χ3n) is 3.63. The van der Waals surface area contributed by atoms with Crippen LogP contribution in [-0.4, -0.2) is 39.8 Å². The van der Waals surface area contributed by atoms with Crippen molar-refractivity contribution in [3.63, 3.8) is 0 Å². The SMILES string of the molecule is CCN(C)C(=O)C(C)NCc1c(C)nc2scc(C)n12. The first-order valence-corrected chi connectivity index (χ1v) is 7.74. The van der Waals surface area contributed by atoms with E-state index in [-0.39, 0.29) is 11.9 Å². The van der Waals surface area contributed by atoms with Crippen molar-refractivity contribution in [2.24, 2.45) is 0 Å². The Hall–Kier alpha value is -1.40. The van der Waals surface area contributed by atoms with Gasteiger partial charge in [-0.3, -0.25) is 9.20 Å². The summed E-state index contributed by atoms with van der Waals surface area (Å²) in [7, 11) is 1.83. The van der Waals surface area contributed by atoms with Crippen LogP contribution in [0.5, 0.6) is 0 Å². The van der Waals surface area contributed by atoms with E-state index in [1.807, 2.05) is 27.8 Å². The summed E-state index contributed by atoms with van der Waals surface area (Å²) >= 11 is 1.65. The molecule has 0 saturated heterocycles. The molecule has 1 N–H and O–H groups in total. The van der Waals surface area contributed by atoms with Crippen molar-refractivity contribution in [1.82, 2.24) is 19.6 Å². The van der Waals surface area contributed by atoms with Crippen molar-refractivity contribution in [2.45, 2.75) is 40.3 Å². The number of nitrogens with one attached hydrogen (secondary N) is 1. The number of imidazole rings is 1. The standard InChI is InChI=1S/C14H22N4OS/c1-6-17(5)13(19)11(4)15-7-12-10(3)16-14-18(12)9(2)8-20-14/h8,11,15H,6-7H2,1-5H3. The maximum absolute atomic E-state index is 12.0. The number of thiazole rings is 1. The van der Waals surface area contributed by atoms with E-state index in [2.05, 4.69) is 27.0 Å². The fourth-order valence-electron chi connectivity index (χ4n) is 2.20. The predicted molar refractivity (Wildman–Crippen MR) is 82.2 cm³/mol. The lowest BCUT2D eigenvalue weighted by atomic mass is 10.2. The van der Waals surface area contributed by atoms with Gasteiger partial charge in [0.2, 0.25) is 5.91 Å². The highest BCUT2D eigenvalue weighted by atomic mass is 32.1. The Kier molecular flexibility index (Phi) is 4.45. The molecule has 0 spiro atoms. The topological polar surface area (TPSA) is 49.6 Å². The molecule has 110 valence electrons. The second-order valence-corrected chi connectivity index (χ2v) is 5.93.